The lowest BCUT2D eigenvalue weighted by molar-refractivity contribution is -0.139. The zero-order chi connectivity index (χ0) is 27.5. The van der Waals surface area contributed by atoms with E-state index in [-0.39, 0.29) is 24.6 Å². The van der Waals surface area contributed by atoms with E-state index in [0.717, 1.165) is 22.3 Å². The number of ether oxygens (including phenoxy) is 2. The molecule has 39 heavy (non-hydrogen) atoms. The number of carbonyl (C=O) groups excluding carboxylic acids is 1. The van der Waals surface area contributed by atoms with Crippen LogP contribution in [0.15, 0.2) is 93.9 Å². The summed E-state index contributed by atoms with van der Waals surface area (Å²) in [4.78, 5) is 32.0. The molecule has 3 aromatic carbocycles. The van der Waals surface area contributed by atoms with Gasteiger partial charge < -0.3 is 9.47 Å². The van der Waals surface area contributed by atoms with Gasteiger partial charge in [0.2, 0.25) is 0 Å². The highest BCUT2D eigenvalue weighted by atomic mass is 32.1. The standard InChI is InChI=1S/C31H27FN2O4S/c1-4-37-30(36)27-20(3)33-31-34(28(27)22-13-9-19(2)10-14-22)29(35)26(39-31)17-23-7-5-6-8-25(23)38-18-21-11-15-24(32)16-12-21/h5-17,28H,4,18H2,1-3H3/b26-17+/t28-/m0/s1. The van der Waals surface area contributed by atoms with Crippen LogP contribution in [0.4, 0.5) is 4.39 Å². The van der Waals surface area contributed by atoms with Gasteiger partial charge in [0.1, 0.15) is 18.2 Å². The number of benzene rings is 3. The Morgan fingerprint density at radius 1 is 1.05 bits per heavy atom. The first-order valence-electron chi connectivity index (χ1n) is 12.6. The normalized spacial score (nSPS) is 15.1. The van der Waals surface area contributed by atoms with Crippen molar-refractivity contribution in [3.63, 3.8) is 0 Å². The van der Waals surface area contributed by atoms with Gasteiger partial charge in [-0.05, 0) is 56.2 Å². The third-order valence-electron chi connectivity index (χ3n) is 6.42. The minimum absolute atomic E-state index is 0.218. The molecule has 1 aliphatic rings. The molecule has 0 fully saturated rings. The number of aromatic nitrogens is 1. The maximum absolute atomic E-state index is 13.9. The van der Waals surface area contributed by atoms with E-state index in [1.807, 2.05) is 55.5 Å². The molecular weight excluding hydrogens is 515 g/mol. The molecule has 0 saturated carbocycles. The predicted molar refractivity (Wildman–Crippen MR) is 149 cm³/mol. The number of aryl methyl sites for hydroxylation is 1. The van der Waals surface area contributed by atoms with E-state index in [0.29, 0.717) is 26.4 Å². The monoisotopic (exact) mass is 542 g/mol. The SMILES string of the molecule is CCOC(=O)C1=C(C)N=c2s/c(=C/c3ccccc3OCc3ccc(F)cc3)c(=O)n2[C@H]1c1ccc(C)cc1. The first-order chi connectivity index (χ1) is 18.9. The summed E-state index contributed by atoms with van der Waals surface area (Å²) in [5.41, 5.74) is 4.03. The van der Waals surface area contributed by atoms with Crippen LogP contribution in [0, 0.1) is 12.7 Å². The van der Waals surface area contributed by atoms with Crippen LogP contribution in [0.5, 0.6) is 5.75 Å². The Morgan fingerprint density at radius 2 is 1.77 bits per heavy atom. The van der Waals surface area contributed by atoms with Crippen molar-refractivity contribution in [3.8, 4) is 5.75 Å². The van der Waals surface area contributed by atoms with Crippen molar-refractivity contribution in [2.45, 2.75) is 33.4 Å². The van der Waals surface area contributed by atoms with Crippen molar-refractivity contribution < 1.29 is 18.7 Å². The van der Waals surface area contributed by atoms with Crippen molar-refractivity contribution in [1.82, 2.24) is 4.57 Å². The summed E-state index contributed by atoms with van der Waals surface area (Å²) in [5.74, 6) is -0.205. The van der Waals surface area contributed by atoms with Crippen molar-refractivity contribution in [1.29, 1.82) is 0 Å². The summed E-state index contributed by atoms with van der Waals surface area (Å²) in [6, 6.07) is 20.6. The molecule has 5 rings (SSSR count). The van der Waals surface area contributed by atoms with Gasteiger partial charge in [0, 0.05) is 5.56 Å². The largest absolute Gasteiger partial charge is 0.488 e. The Hall–Kier alpha value is -4.30. The van der Waals surface area contributed by atoms with Crippen LogP contribution < -0.4 is 19.6 Å². The Balaban J connectivity index is 1.59. The van der Waals surface area contributed by atoms with Gasteiger partial charge in [0.05, 0.1) is 28.5 Å². The van der Waals surface area contributed by atoms with Gasteiger partial charge in [-0.15, -0.1) is 0 Å². The van der Waals surface area contributed by atoms with Crippen LogP contribution in [0.25, 0.3) is 6.08 Å². The van der Waals surface area contributed by atoms with Crippen LogP contribution in [0.2, 0.25) is 0 Å². The molecule has 0 amide bonds. The maximum Gasteiger partial charge on any atom is 0.338 e. The Labute approximate surface area is 229 Å². The van der Waals surface area contributed by atoms with Gasteiger partial charge in [-0.25, -0.2) is 14.2 Å². The number of nitrogens with zero attached hydrogens (tertiary/aromatic N) is 2. The summed E-state index contributed by atoms with van der Waals surface area (Å²) >= 11 is 1.26. The summed E-state index contributed by atoms with van der Waals surface area (Å²) < 4.78 is 26.7. The number of esters is 1. The first kappa shape index (κ1) is 26.3. The number of allylic oxidation sites excluding steroid dienone is 1. The number of hydrogen-bond donors (Lipinski definition) is 0. The number of para-hydroxylation sites is 1. The summed E-state index contributed by atoms with van der Waals surface area (Å²) in [7, 11) is 0. The number of carbonyl (C=O) groups is 1. The predicted octanol–water partition coefficient (Wildman–Crippen LogP) is 4.82. The molecule has 8 heteroatoms. The molecule has 198 valence electrons. The molecule has 4 aromatic rings. The van der Waals surface area contributed by atoms with Crippen LogP contribution in [0.3, 0.4) is 0 Å². The fourth-order valence-corrected chi connectivity index (χ4v) is 5.51. The molecule has 0 N–H and O–H groups in total. The third-order valence-corrected chi connectivity index (χ3v) is 7.41. The van der Waals surface area contributed by atoms with Gasteiger partial charge in [0.25, 0.3) is 5.56 Å². The zero-order valence-corrected chi connectivity index (χ0v) is 22.6. The molecule has 2 heterocycles. The molecule has 1 aromatic heterocycles. The highest BCUT2D eigenvalue weighted by molar-refractivity contribution is 7.07. The molecule has 0 spiro atoms. The second-order valence-electron chi connectivity index (χ2n) is 9.17. The number of hydrogen-bond acceptors (Lipinski definition) is 6. The molecule has 0 bridgehead atoms. The number of rotatable bonds is 7. The van der Waals surface area contributed by atoms with E-state index in [4.69, 9.17) is 9.47 Å². The summed E-state index contributed by atoms with van der Waals surface area (Å²) in [6.07, 6.45) is 1.78. The molecule has 0 saturated heterocycles. The van der Waals surface area contributed by atoms with Crippen LogP contribution >= 0.6 is 11.3 Å². The smallest absolute Gasteiger partial charge is 0.338 e. The lowest BCUT2D eigenvalue weighted by Gasteiger charge is -2.24. The van der Waals surface area contributed by atoms with Gasteiger partial charge in [-0.2, -0.15) is 0 Å². The van der Waals surface area contributed by atoms with Crippen LogP contribution in [-0.4, -0.2) is 17.1 Å². The van der Waals surface area contributed by atoms with Crippen molar-refractivity contribution >= 4 is 23.4 Å². The maximum atomic E-state index is 13.9. The van der Waals surface area contributed by atoms with E-state index < -0.39 is 12.0 Å². The molecular formula is C31H27FN2O4S. The number of fused-ring (bicyclic) bond motifs is 1. The van der Waals surface area contributed by atoms with E-state index in [1.54, 1.807) is 36.6 Å². The van der Waals surface area contributed by atoms with E-state index in [2.05, 4.69) is 4.99 Å². The van der Waals surface area contributed by atoms with Crippen molar-refractivity contribution in [2.75, 3.05) is 6.61 Å². The number of halogens is 1. The summed E-state index contributed by atoms with van der Waals surface area (Å²) in [6.45, 7) is 5.97. The van der Waals surface area contributed by atoms with Crippen LogP contribution in [0.1, 0.15) is 42.1 Å². The van der Waals surface area contributed by atoms with Gasteiger partial charge in [-0.3, -0.25) is 9.36 Å². The molecule has 0 unspecified atom stereocenters. The lowest BCUT2D eigenvalue weighted by Crippen LogP contribution is -2.39. The van der Waals surface area contributed by atoms with Gasteiger partial charge >= 0.3 is 5.97 Å². The lowest BCUT2D eigenvalue weighted by atomic mass is 9.95. The Kier molecular flexibility index (Phi) is 7.56. The molecule has 0 aliphatic carbocycles. The highest BCUT2D eigenvalue weighted by Crippen LogP contribution is 2.31. The molecule has 1 atom stereocenters. The third kappa shape index (κ3) is 5.47. The first-order valence-corrected chi connectivity index (χ1v) is 13.4. The summed E-state index contributed by atoms with van der Waals surface area (Å²) in [5, 5.41) is 0. The second-order valence-corrected chi connectivity index (χ2v) is 10.2. The quantitative estimate of drug-likeness (QED) is 0.314. The average molecular weight is 543 g/mol. The Morgan fingerprint density at radius 3 is 2.49 bits per heavy atom. The van der Waals surface area contributed by atoms with E-state index in [1.165, 1.54) is 23.5 Å². The zero-order valence-electron chi connectivity index (χ0n) is 21.8. The molecule has 0 radical (unpaired) electrons. The fourth-order valence-electron chi connectivity index (χ4n) is 4.47. The molecule has 1 aliphatic heterocycles. The van der Waals surface area contributed by atoms with Gasteiger partial charge in [0.15, 0.2) is 4.80 Å². The fraction of sp³-hybridized carbons (Fsp3) is 0.194. The van der Waals surface area contributed by atoms with E-state index in [9.17, 15) is 14.0 Å². The highest BCUT2D eigenvalue weighted by Gasteiger charge is 2.33. The van der Waals surface area contributed by atoms with Crippen LogP contribution in [-0.2, 0) is 16.1 Å². The topological polar surface area (TPSA) is 69.9 Å². The van der Waals surface area contributed by atoms with Gasteiger partial charge in [-0.1, -0.05) is 71.5 Å². The average Bonchev–Trinajstić information content (AvgIpc) is 3.23. The minimum atomic E-state index is -0.659. The number of thiazole rings is 1. The molecule has 6 nitrogen and oxygen atoms in total. The van der Waals surface area contributed by atoms with Crippen molar-refractivity contribution in [3.05, 3.63) is 132 Å². The van der Waals surface area contributed by atoms with E-state index >= 15 is 0 Å². The Bertz CT molecular complexity index is 1740. The van der Waals surface area contributed by atoms with Crippen molar-refractivity contribution in [2.24, 2.45) is 4.99 Å². The minimum Gasteiger partial charge on any atom is -0.488 e. The second kappa shape index (κ2) is 11.2.